The van der Waals surface area contributed by atoms with Gasteiger partial charge in [-0.25, -0.2) is 0 Å². The number of esters is 1. The molecular formula is C10H16N2O2S. The van der Waals surface area contributed by atoms with Crippen LogP contribution < -0.4 is 0 Å². The van der Waals surface area contributed by atoms with E-state index in [1.807, 2.05) is 18.8 Å². The van der Waals surface area contributed by atoms with Gasteiger partial charge in [0.2, 0.25) is 0 Å². The number of carbonyl (C=O) groups is 1. The third-order valence-electron chi connectivity index (χ3n) is 2.06. The van der Waals surface area contributed by atoms with Gasteiger partial charge in [-0.05, 0) is 20.0 Å². The maximum Gasteiger partial charge on any atom is 0.305 e. The number of aromatic nitrogens is 1. The molecule has 0 radical (unpaired) electrons. The van der Waals surface area contributed by atoms with E-state index in [0.717, 1.165) is 19.5 Å². The van der Waals surface area contributed by atoms with E-state index in [0.29, 0.717) is 6.42 Å². The van der Waals surface area contributed by atoms with Gasteiger partial charge in [0, 0.05) is 24.0 Å². The number of nitrogens with zero attached hydrogens (tertiary/aromatic N) is 2. The third-order valence-corrected chi connectivity index (χ3v) is 2.82. The predicted molar refractivity (Wildman–Crippen MR) is 59.7 cm³/mol. The molecule has 1 aromatic rings. The first-order chi connectivity index (χ1) is 7.22. The second kappa shape index (κ2) is 6.53. The quantitative estimate of drug-likeness (QED) is 0.692. The first-order valence-electron chi connectivity index (χ1n) is 4.85. The van der Waals surface area contributed by atoms with Gasteiger partial charge in [-0.1, -0.05) is 0 Å². The second-order valence-corrected chi connectivity index (χ2v) is 4.36. The highest BCUT2D eigenvalue weighted by Gasteiger charge is 2.04. The van der Waals surface area contributed by atoms with Crippen molar-refractivity contribution in [2.24, 2.45) is 0 Å². The highest BCUT2D eigenvalue weighted by molar-refractivity contribution is 7.09. The van der Waals surface area contributed by atoms with E-state index >= 15 is 0 Å². The average molecular weight is 228 g/mol. The highest BCUT2D eigenvalue weighted by atomic mass is 32.1. The van der Waals surface area contributed by atoms with E-state index in [2.05, 4.69) is 14.6 Å². The number of methoxy groups -OCH3 is 1. The molecule has 84 valence electrons. The van der Waals surface area contributed by atoms with Gasteiger partial charge in [-0.15, -0.1) is 11.3 Å². The monoisotopic (exact) mass is 228 g/mol. The van der Waals surface area contributed by atoms with Gasteiger partial charge in [0.15, 0.2) is 0 Å². The van der Waals surface area contributed by atoms with Crippen molar-refractivity contribution in [1.29, 1.82) is 0 Å². The molecule has 0 saturated carbocycles. The molecule has 5 heteroatoms. The Morgan fingerprint density at radius 2 is 2.47 bits per heavy atom. The molecule has 1 rings (SSSR count). The minimum atomic E-state index is -0.138. The molecule has 0 saturated heterocycles. The van der Waals surface area contributed by atoms with Gasteiger partial charge in [-0.3, -0.25) is 9.78 Å². The summed E-state index contributed by atoms with van der Waals surface area (Å²) < 4.78 is 4.57. The lowest BCUT2D eigenvalue weighted by atomic mass is 10.3. The largest absolute Gasteiger partial charge is 0.469 e. The van der Waals surface area contributed by atoms with Crippen LogP contribution in [0.15, 0.2) is 11.7 Å². The zero-order chi connectivity index (χ0) is 11.1. The summed E-state index contributed by atoms with van der Waals surface area (Å²) in [5.41, 5.74) is 1.83. The van der Waals surface area contributed by atoms with Crippen molar-refractivity contribution in [3.8, 4) is 0 Å². The fourth-order valence-corrected chi connectivity index (χ4v) is 1.93. The number of thiazole rings is 1. The summed E-state index contributed by atoms with van der Waals surface area (Å²) in [5.74, 6) is -0.138. The molecule has 15 heavy (non-hydrogen) atoms. The summed E-state index contributed by atoms with van der Waals surface area (Å²) in [7, 11) is 3.46. The normalized spacial score (nSPS) is 10.6. The minimum absolute atomic E-state index is 0.138. The van der Waals surface area contributed by atoms with Crippen LogP contribution in [0.5, 0.6) is 0 Å². The Bertz CT molecular complexity index is 288. The van der Waals surface area contributed by atoms with Crippen molar-refractivity contribution in [1.82, 2.24) is 9.88 Å². The van der Waals surface area contributed by atoms with Crippen molar-refractivity contribution in [3.05, 3.63) is 16.6 Å². The van der Waals surface area contributed by atoms with Gasteiger partial charge in [0.25, 0.3) is 0 Å². The molecule has 0 N–H and O–H groups in total. The Morgan fingerprint density at radius 1 is 1.67 bits per heavy atom. The van der Waals surface area contributed by atoms with Gasteiger partial charge in [0.1, 0.15) is 0 Å². The van der Waals surface area contributed by atoms with E-state index < -0.39 is 0 Å². The fourth-order valence-electron chi connectivity index (χ4n) is 1.26. The number of hydrogen-bond acceptors (Lipinski definition) is 5. The summed E-state index contributed by atoms with van der Waals surface area (Å²) in [4.78, 5) is 18.3. The molecule has 0 unspecified atom stereocenters. The van der Waals surface area contributed by atoms with E-state index in [-0.39, 0.29) is 5.97 Å². The smallest absolute Gasteiger partial charge is 0.305 e. The van der Waals surface area contributed by atoms with E-state index in [1.165, 1.54) is 12.0 Å². The third kappa shape index (κ3) is 4.90. The minimum Gasteiger partial charge on any atom is -0.469 e. The van der Waals surface area contributed by atoms with Crippen LogP contribution >= 0.6 is 11.3 Å². The summed E-state index contributed by atoms with van der Waals surface area (Å²) in [6.07, 6.45) is 3.20. The molecule has 0 amide bonds. The van der Waals surface area contributed by atoms with Crippen LogP contribution in [0.2, 0.25) is 0 Å². The molecule has 1 aromatic heterocycles. The number of rotatable bonds is 6. The topological polar surface area (TPSA) is 42.4 Å². The lowest BCUT2D eigenvalue weighted by Crippen LogP contribution is -2.19. The molecule has 0 bridgehead atoms. The van der Waals surface area contributed by atoms with Gasteiger partial charge in [-0.2, -0.15) is 0 Å². The SMILES string of the molecule is COC(=O)CCCN(C)Cc1cncs1. The van der Waals surface area contributed by atoms with Crippen LogP contribution in [0.3, 0.4) is 0 Å². The second-order valence-electron chi connectivity index (χ2n) is 3.39. The summed E-state index contributed by atoms with van der Waals surface area (Å²) in [5, 5.41) is 0. The van der Waals surface area contributed by atoms with E-state index in [9.17, 15) is 4.79 Å². The summed E-state index contributed by atoms with van der Waals surface area (Å²) in [6.45, 7) is 1.79. The summed E-state index contributed by atoms with van der Waals surface area (Å²) >= 11 is 1.65. The molecule has 0 aliphatic heterocycles. The van der Waals surface area contributed by atoms with Crippen molar-refractivity contribution >= 4 is 17.3 Å². The standard InChI is InChI=1S/C10H16N2O2S/c1-12(5-3-4-10(13)14-2)7-9-6-11-8-15-9/h6,8H,3-5,7H2,1-2H3. The van der Waals surface area contributed by atoms with Crippen molar-refractivity contribution in [2.45, 2.75) is 19.4 Å². The molecule has 0 atom stereocenters. The molecule has 0 aliphatic carbocycles. The Morgan fingerprint density at radius 3 is 3.07 bits per heavy atom. The van der Waals surface area contributed by atoms with Crippen molar-refractivity contribution in [2.75, 3.05) is 20.7 Å². The zero-order valence-electron chi connectivity index (χ0n) is 9.10. The Hall–Kier alpha value is -0.940. The molecule has 0 aliphatic rings. The Balaban J connectivity index is 2.14. The van der Waals surface area contributed by atoms with E-state index in [4.69, 9.17) is 0 Å². The van der Waals surface area contributed by atoms with Crippen LogP contribution in [0.25, 0.3) is 0 Å². The Kier molecular flexibility index (Phi) is 5.28. The number of hydrogen-bond donors (Lipinski definition) is 0. The molecule has 4 nitrogen and oxygen atoms in total. The van der Waals surface area contributed by atoms with Crippen LogP contribution in [0, 0.1) is 0 Å². The number of ether oxygens (including phenoxy) is 1. The van der Waals surface area contributed by atoms with Gasteiger partial charge >= 0.3 is 5.97 Å². The van der Waals surface area contributed by atoms with E-state index in [1.54, 1.807) is 11.3 Å². The average Bonchev–Trinajstić information content (AvgIpc) is 2.70. The lowest BCUT2D eigenvalue weighted by molar-refractivity contribution is -0.140. The van der Waals surface area contributed by atoms with Gasteiger partial charge < -0.3 is 9.64 Å². The van der Waals surface area contributed by atoms with Crippen LogP contribution in [-0.2, 0) is 16.1 Å². The molecular weight excluding hydrogens is 212 g/mol. The van der Waals surface area contributed by atoms with Crippen LogP contribution in [0.1, 0.15) is 17.7 Å². The highest BCUT2D eigenvalue weighted by Crippen LogP contribution is 2.08. The molecule has 0 fully saturated rings. The fraction of sp³-hybridized carbons (Fsp3) is 0.600. The molecule has 0 aromatic carbocycles. The molecule has 0 spiro atoms. The van der Waals surface area contributed by atoms with Crippen molar-refractivity contribution in [3.63, 3.8) is 0 Å². The maximum atomic E-state index is 10.9. The zero-order valence-corrected chi connectivity index (χ0v) is 9.92. The van der Waals surface area contributed by atoms with Crippen LogP contribution in [-0.4, -0.2) is 36.6 Å². The predicted octanol–water partition coefficient (Wildman–Crippen LogP) is 1.53. The first kappa shape index (κ1) is 12.1. The first-order valence-corrected chi connectivity index (χ1v) is 5.73. The lowest BCUT2D eigenvalue weighted by Gasteiger charge is -2.14. The maximum absolute atomic E-state index is 10.9. The van der Waals surface area contributed by atoms with Crippen LogP contribution in [0.4, 0.5) is 0 Å². The molecule has 1 heterocycles. The van der Waals surface area contributed by atoms with Gasteiger partial charge in [0.05, 0.1) is 12.6 Å². The summed E-state index contributed by atoms with van der Waals surface area (Å²) in [6, 6.07) is 0. The Labute approximate surface area is 93.9 Å². The van der Waals surface area contributed by atoms with Crippen molar-refractivity contribution < 1.29 is 9.53 Å². The number of carbonyl (C=O) groups excluding carboxylic acids is 1.